The van der Waals surface area contributed by atoms with Gasteiger partial charge in [-0.25, -0.2) is 4.57 Å². The Bertz CT molecular complexity index is 122. The molecule has 0 rings (SSSR count). The van der Waals surface area contributed by atoms with E-state index in [1.807, 2.05) is 0 Å². The Balaban J connectivity index is 3.13. The van der Waals surface area contributed by atoms with Gasteiger partial charge in [0.25, 0.3) is 0 Å². The zero-order valence-corrected chi connectivity index (χ0v) is 6.12. The van der Waals surface area contributed by atoms with Crippen LogP contribution in [0.2, 0.25) is 0 Å². The highest BCUT2D eigenvalue weighted by Crippen LogP contribution is 2.34. The monoisotopic (exact) mass is 171 g/mol. The summed E-state index contributed by atoms with van der Waals surface area (Å²) < 4.78 is 13.9. The molecule has 0 radical (unpaired) electrons. The molecular weight excluding hydrogens is 161 g/mol. The molecule has 6 nitrogen and oxygen atoms in total. The first kappa shape index (κ1) is 10.0. The van der Waals surface area contributed by atoms with Gasteiger partial charge in [-0.15, -0.1) is 0 Å². The van der Waals surface area contributed by atoms with Crippen molar-refractivity contribution in [3.8, 4) is 0 Å². The van der Waals surface area contributed by atoms with Crippen LogP contribution in [-0.4, -0.2) is 34.8 Å². The lowest BCUT2D eigenvalue weighted by Gasteiger charge is -2.04. The van der Waals surface area contributed by atoms with Crippen molar-refractivity contribution in [3.05, 3.63) is 0 Å². The van der Waals surface area contributed by atoms with Gasteiger partial charge in [-0.2, -0.15) is 0 Å². The van der Waals surface area contributed by atoms with Crippen LogP contribution in [0, 0.1) is 0 Å². The fraction of sp³-hybridized carbons (Fsp3) is 1.00. The number of rotatable bonds is 5. The number of phosphoric ester groups is 1. The van der Waals surface area contributed by atoms with Crippen LogP contribution in [0.4, 0.5) is 0 Å². The Morgan fingerprint density at radius 2 is 2.10 bits per heavy atom. The van der Waals surface area contributed by atoms with E-state index in [2.05, 4.69) is 9.84 Å². The SMILES string of the molecule is O=P(O)(O)OCNCCO. The zero-order chi connectivity index (χ0) is 8.04. The van der Waals surface area contributed by atoms with Crippen molar-refractivity contribution in [3.63, 3.8) is 0 Å². The number of aliphatic hydroxyl groups is 1. The summed E-state index contributed by atoms with van der Waals surface area (Å²) >= 11 is 0. The van der Waals surface area contributed by atoms with E-state index in [0.29, 0.717) is 0 Å². The molecule has 0 saturated carbocycles. The Morgan fingerprint density at radius 1 is 1.50 bits per heavy atom. The smallest absolute Gasteiger partial charge is 0.395 e. The lowest BCUT2D eigenvalue weighted by atomic mass is 10.7. The normalized spacial score (nSPS) is 11.9. The van der Waals surface area contributed by atoms with E-state index in [1.165, 1.54) is 0 Å². The first-order valence-corrected chi connectivity index (χ1v) is 4.11. The van der Waals surface area contributed by atoms with Crippen molar-refractivity contribution in [2.75, 3.05) is 19.9 Å². The predicted octanol–water partition coefficient (Wildman–Crippen LogP) is -1.36. The van der Waals surface area contributed by atoms with E-state index >= 15 is 0 Å². The van der Waals surface area contributed by atoms with Gasteiger partial charge in [-0.1, -0.05) is 0 Å². The summed E-state index contributed by atoms with van der Waals surface area (Å²) in [4.78, 5) is 16.2. The Morgan fingerprint density at radius 3 is 2.50 bits per heavy atom. The minimum atomic E-state index is -4.35. The fourth-order valence-electron chi connectivity index (χ4n) is 0.281. The molecule has 0 aromatic heterocycles. The van der Waals surface area contributed by atoms with Gasteiger partial charge in [0.2, 0.25) is 0 Å². The van der Waals surface area contributed by atoms with Gasteiger partial charge < -0.3 is 14.9 Å². The molecule has 0 spiro atoms. The maximum atomic E-state index is 9.96. The molecule has 0 bridgehead atoms. The Labute approximate surface area is 58.1 Å². The van der Waals surface area contributed by atoms with Crippen LogP contribution in [0.5, 0.6) is 0 Å². The van der Waals surface area contributed by atoms with Gasteiger partial charge in [0.05, 0.1) is 6.61 Å². The van der Waals surface area contributed by atoms with E-state index in [0.717, 1.165) is 0 Å². The second kappa shape index (κ2) is 4.79. The summed E-state index contributed by atoms with van der Waals surface area (Å²) in [7, 11) is -4.35. The molecule has 0 saturated heterocycles. The quantitative estimate of drug-likeness (QED) is 0.231. The lowest BCUT2D eigenvalue weighted by molar-refractivity contribution is 0.176. The number of hydrogen-bond acceptors (Lipinski definition) is 4. The fourth-order valence-corrected chi connectivity index (χ4v) is 0.540. The van der Waals surface area contributed by atoms with E-state index in [-0.39, 0.29) is 19.9 Å². The van der Waals surface area contributed by atoms with Crippen LogP contribution in [0.3, 0.4) is 0 Å². The van der Waals surface area contributed by atoms with Crippen molar-refractivity contribution in [1.82, 2.24) is 5.32 Å². The number of hydrogen-bond donors (Lipinski definition) is 4. The summed E-state index contributed by atoms with van der Waals surface area (Å²) in [6.45, 7) is -0.102. The maximum absolute atomic E-state index is 9.96. The second-order valence-corrected chi connectivity index (χ2v) is 2.73. The standard InChI is InChI=1S/C3H10NO5P/c5-2-1-4-3-9-10(6,7)8/h4-5H,1-3H2,(H2,6,7,8). The third-order valence-corrected chi connectivity index (χ3v) is 1.09. The van der Waals surface area contributed by atoms with Crippen molar-refractivity contribution < 1.29 is 24.0 Å². The van der Waals surface area contributed by atoms with Crippen molar-refractivity contribution in [1.29, 1.82) is 0 Å². The number of phosphoric acid groups is 1. The molecule has 0 aromatic rings. The van der Waals surface area contributed by atoms with E-state index in [9.17, 15) is 4.57 Å². The molecule has 7 heteroatoms. The minimum absolute atomic E-state index is 0.0927. The molecule has 0 unspecified atom stereocenters. The van der Waals surface area contributed by atoms with Crippen LogP contribution >= 0.6 is 7.82 Å². The molecule has 0 atom stereocenters. The maximum Gasteiger partial charge on any atom is 0.470 e. The molecule has 0 aliphatic carbocycles. The molecule has 0 aliphatic heterocycles. The molecule has 0 amide bonds. The first-order valence-electron chi connectivity index (χ1n) is 2.58. The second-order valence-electron chi connectivity index (χ2n) is 1.49. The molecule has 0 aliphatic rings. The molecule has 4 N–H and O–H groups in total. The molecule has 0 fully saturated rings. The zero-order valence-electron chi connectivity index (χ0n) is 5.23. The van der Waals surface area contributed by atoms with Crippen LogP contribution < -0.4 is 5.32 Å². The largest absolute Gasteiger partial charge is 0.470 e. The summed E-state index contributed by atoms with van der Waals surface area (Å²) in [6.07, 6.45) is 0. The van der Waals surface area contributed by atoms with Crippen molar-refractivity contribution >= 4 is 7.82 Å². The summed E-state index contributed by atoms with van der Waals surface area (Å²) in [5, 5.41) is 10.6. The third kappa shape index (κ3) is 8.03. The van der Waals surface area contributed by atoms with Gasteiger partial charge in [-0.05, 0) is 0 Å². The molecule has 0 aromatic carbocycles. The highest BCUT2D eigenvalue weighted by molar-refractivity contribution is 7.46. The van der Waals surface area contributed by atoms with Crippen LogP contribution in [0.15, 0.2) is 0 Å². The summed E-state index contributed by atoms with van der Waals surface area (Å²) in [5.41, 5.74) is 0. The first-order chi connectivity index (χ1) is 4.56. The summed E-state index contributed by atoms with van der Waals surface area (Å²) in [6, 6.07) is 0. The highest BCUT2D eigenvalue weighted by atomic mass is 31.2. The van der Waals surface area contributed by atoms with Gasteiger partial charge in [0, 0.05) is 6.54 Å². The topological polar surface area (TPSA) is 99.0 Å². The Kier molecular flexibility index (Phi) is 4.80. The highest BCUT2D eigenvalue weighted by Gasteiger charge is 2.11. The van der Waals surface area contributed by atoms with Gasteiger partial charge in [0.15, 0.2) is 0 Å². The van der Waals surface area contributed by atoms with E-state index in [1.54, 1.807) is 0 Å². The Hall–Kier alpha value is 0.0300. The van der Waals surface area contributed by atoms with Crippen molar-refractivity contribution in [2.45, 2.75) is 0 Å². The average molecular weight is 171 g/mol. The average Bonchev–Trinajstić information content (AvgIpc) is 1.78. The van der Waals surface area contributed by atoms with Crippen LogP contribution in [0.1, 0.15) is 0 Å². The van der Waals surface area contributed by atoms with Crippen LogP contribution in [-0.2, 0) is 9.09 Å². The minimum Gasteiger partial charge on any atom is -0.395 e. The van der Waals surface area contributed by atoms with Gasteiger partial charge in [0.1, 0.15) is 6.73 Å². The number of nitrogens with one attached hydrogen (secondary N) is 1. The molecule has 0 heterocycles. The molecular formula is C3H10NO5P. The van der Waals surface area contributed by atoms with Crippen LogP contribution in [0.25, 0.3) is 0 Å². The molecule has 62 valence electrons. The number of aliphatic hydroxyl groups excluding tert-OH is 1. The molecule has 10 heavy (non-hydrogen) atoms. The third-order valence-electron chi connectivity index (χ3n) is 0.623. The van der Waals surface area contributed by atoms with E-state index < -0.39 is 7.82 Å². The van der Waals surface area contributed by atoms with Crippen molar-refractivity contribution in [2.24, 2.45) is 0 Å². The predicted molar refractivity (Wildman–Crippen MR) is 33.1 cm³/mol. The van der Waals surface area contributed by atoms with Gasteiger partial charge >= 0.3 is 7.82 Å². The lowest BCUT2D eigenvalue weighted by Crippen LogP contribution is -2.20. The summed E-state index contributed by atoms with van der Waals surface area (Å²) in [5.74, 6) is 0. The van der Waals surface area contributed by atoms with E-state index in [4.69, 9.17) is 14.9 Å². The van der Waals surface area contributed by atoms with Gasteiger partial charge in [-0.3, -0.25) is 9.84 Å².